The minimum absolute atomic E-state index is 0.0606. The van der Waals surface area contributed by atoms with Crippen molar-refractivity contribution in [3.05, 3.63) is 233 Å². The number of likely N-dealkylation sites (N-methyl/N-ethyl adjacent to an activating group) is 2. The quantitative estimate of drug-likeness (QED) is 0.0295. The summed E-state index contributed by atoms with van der Waals surface area (Å²) in [7, 11) is 0. The number of rotatable bonds is 26. The van der Waals surface area contributed by atoms with Crippen molar-refractivity contribution >= 4 is 35.3 Å². The van der Waals surface area contributed by atoms with E-state index in [4.69, 9.17) is 34.3 Å². The molecule has 0 aliphatic heterocycles. The van der Waals surface area contributed by atoms with E-state index in [-0.39, 0.29) is 32.7 Å². The molecule has 95 heavy (non-hydrogen) atoms. The number of amides is 2. The molecule has 2 aromatic heterocycles. The van der Waals surface area contributed by atoms with E-state index in [2.05, 4.69) is 9.97 Å². The maximum Gasteiger partial charge on any atom is 0.416 e. The van der Waals surface area contributed by atoms with Crippen LogP contribution < -0.4 is 11.1 Å². The lowest BCUT2D eigenvalue weighted by molar-refractivity contribution is -0.138. The second-order valence-electron chi connectivity index (χ2n) is 20.6. The third kappa shape index (κ3) is 19.0. The highest BCUT2D eigenvalue weighted by atomic mass is 32.2. The van der Waals surface area contributed by atoms with Gasteiger partial charge in [-0.25, -0.2) is 8.78 Å². The lowest BCUT2D eigenvalue weighted by atomic mass is 9.98. The Morgan fingerprint density at radius 1 is 0.547 bits per heavy atom. The Kier molecular flexibility index (Phi) is 14.4. The van der Waals surface area contributed by atoms with E-state index >= 15 is 0 Å². The van der Waals surface area contributed by atoms with E-state index in [1.54, 1.807) is 0 Å². The predicted molar refractivity (Wildman–Crippen MR) is 358 cm³/mol. The molecule has 22 heteroatoms. The first kappa shape index (κ1) is 41.9. The number of alkyl halides is 6. The molecule has 2 aliphatic carbocycles. The fourth-order valence-corrected chi connectivity index (χ4v) is 11.4. The third-order valence-corrected chi connectivity index (χ3v) is 16.5. The molecule has 0 spiro atoms. The van der Waals surface area contributed by atoms with Gasteiger partial charge in [0.1, 0.15) is 24.7 Å². The molecule has 6 aromatic carbocycles. The largest absolute Gasteiger partial charge is 0.416 e. The van der Waals surface area contributed by atoms with Crippen molar-refractivity contribution in [3.63, 3.8) is 0 Å². The molecule has 502 valence electrons. The van der Waals surface area contributed by atoms with Gasteiger partial charge in [-0.2, -0.15) is 36.3 Å². The standard InChI is InChI=1S/C37H40F4N4O2S.C36H38F4N4O2S/c1-4-43(5-2)19-20-44(22-26-9-13-28(14-10-26)29-15-18-32(25(3)21-29)37(39,40)41)34(46)23-45-33-8-6-7-31(33)35(47)42-36(45)48-24-27-11-16-30(38)17-12-27;1-3-42(4-2)20-21-43(22-25-8-12-27(13-9-25)28-14-16-29(17-15-28)36(38,39)40)33(45)23-44-32-7-5-6-31(32)34(46)41-35(44)47-24-26-10-18-30(37)19-11-26/h9-18,21H,4-8,19-20,22-24H2,1-3H3;8-19H,3-7,20-24H2,1-2H3/i4D2,5D2,6D2,7D2,8D2,9D,10D,13D,14D,15D,18D,21D,22D2;3D2,4D2,10D,11D,18D,19D,22D2. The van der Waals surface area contributed by atoms with Crippen LogP contribution in [0.15, 0.2) is 159 Å². The second-order valence-corrected chi connectivity index (χ2v) is 22.5. The number of hydrogen-bond donors (Lipinski definition) is 0. The van der Waals surface area contributed by atoms with Crippen LogP contribution in [0.1, 0.15) is 142 Å². The van der Waals surface area contributed by atoms with Crippen molar-refractivity contribution in [2.45, 2.75) is 133 Å². The van der Waals surface area contributed by atoms with Crippen LogP contribution in [-0.4, -0.2) is 103 Å². The summed E-state index contributed by atoms with van der Waals surface area (Å²) < 4.78 is 359. The highest BCUT2D eigenvalue weighted by Gasteiger charge is 2.33. The van der Waals surface area contributed by atoms with Crippen LogP contribution in [0.25, 0.3) is 22.3 Å². The number of carbonyl (C=O) groups excluding carboxylic acids is 2. The summed E-state index contributed by atoms with van der Waals surface area (Å²) >= 11 is 1.42. The molecule has 0 N–H and O–H groups in total. The fraction of sp³-hybridized carbons (Fsp3) is 0.370. The Labute approximate surface area is 598 Å². The number of hydrogen-bond acceptors (Lipinski definition) is 10. The molecule has 2 heterocycles. The number of thioether (sulfide) groups is 2. The van der Waals surface area contributed by atoms with Gasteiger partial charge in [-0.05, 0) is 164 Å². The summed E-state index contributed by atoms with van der Waals surface area (Å²) in [6, 6.07) is 2.76. The molecule has 0 saturated carbocycles. The summed E-state index contributed by atoms with van der Waals surface area (Å²) in [5, 5.41) is -0.629. The van der Waals surface area contributed by atoms with Crippen molar-refractivity contribution in [2.75, 3.05) is 52.2 Å². The summed E-state index contributed by atoms with van der Waals surface area (Å²) in [6.45, 7) is -16.0. The molecule has 0 radical (unpaired) electrons. The minimum atomic E-state index is -5.23. The van der Waals surface area contributed by atoms with Crippen LogP contribution in [0.2, 0.25) is 0 Å². The molecule has 0 atom stereocenters. The van der Waals surface area contributed by atoms with E-state index in [0.717, 1.165) is 80.4 Å². The molecule has 2 amide bonds. The van der Waals surface area contributed by atoms with E-state index in [9.17, 15) is 59.8 Å². The Bertz CT molecular complexity index is 5480. The van der Waals surface area contributed by atoms with Crippen molar-refractivity contribution in [2.24, 2.45) is 0 Å². The van der Waals surface area contributed by atoms with Gasteiger partial charge in [0.15, 0.2) is 10.3 Å². The van der Waals surface area contributed by atoms with Gasteiger partial charge in [0.2, 0.25) is 11.8 Å². The lowest BCUT2D eigenvalue weighted by Gasteiger charge is -2.28. The second kappa shape index (κ2) is 32.7. The topological polar surface area (TPSA) is 117 Å². The lowest BCUT2D eigenvalue weighted by Crippen LogP contribution is -2.40. The zero-order valence-electron chi connectivity index (χ0n) is 80.3. The first-order chi connectivity index (χ1) is 56.6. The Morgan fingerprint density at radius 3 is 1.59 bits per heavy atom. The highest BCUT2D eigenvalue weighted by molar-refractivity contribution is 7.98. The van der Waals surface area contributed by atoms with Crippen molar-refractivity contribution in [1.82, 2.24) is 38.7 Å². The third-order valence-electron chi connectivity index (χ3n) is 14.5. The zero-order chi connectivity index (χ0) is 93.7. The first-order valence-corrected chi connectivity index (χ1v) is 30.8. The van der Waals surface area contributed by atoms with E-state index < -0.39 is 261 Å². The Hall–Kier alpha value is -7.92. The number of aromatic nitrogens is 4. The fourth-order valence-electron chi connectivity index (χ4n) is 9.59. The maximum absolute atomic E-state index is 14.9. The normalized spacial score (nSPS) is 19.8. The molecular formula is C73H78F8N8O4S2. The van der Waals surface area contributed by atoms with Gasteiger partial charge >= 0.3 is 12.4 Å². The maximum atomic E-state index is 14.9. The molecular weight excluding hydrogens is 1270 g/mol. The molecule has 8 aromatic rings. The minimum Gasteiger partial charge on any atom is -0.336 e. The SMILES string of the molecule is [2H]c1c([2H])c(C([2H])([2H])N(CCN(C([2H])([2H])C)C([2H])([2H])C)C(=O)Cn2c(SCc3ccc(F)cc3)nc(=O)c3c2C([2H])([2H])C([2H])([2H])C3([2H])[2H])c([2H])c([2H])c1-c1c([2H])c([2H])c(C(F)(F)F)c(C)c1[2H].[2H]c1c([2H])c(CSc2nc(=O)c3c(n2CC(=O)N(CCN(C([2H])([2H])C)C([2H])([2H])C)C([2H])([2H])c2ccc(-c4ccc(C(F)(F)F)cc4)cc2)CCC3)c([2H])c([2H])c1F. The zero-order valence-corrected chi connectivity index (χ0v) is 52.9. The van der Waals surface area contributed by atoms with Crippen LogP contribution >= 0.6 is 23.5 Å². The number of nitrogens with zero attached hydrogens (tertiary/aromatic N) is 8. The summed E-state index contributed by atoms with van der Waals surface area (Å²) in [5.41, 5.74) is -9.08. The molecule has 0 bridgehead atoms. The van der Waals surface area contributed by atoms with Crippen molar-refractivity contribution in [3.8, 4) is 22.3 Å². The van der Waals surface area contributed by atoms with Gasteiger partial charge < -0.3 is 28.7 Å². The molecule has 12 nitrogen and oxygen atoms in total. The van der Waals surface area contributed by atoms with Crippen LogP contribution in [0.5, 0.6) is 0 Å². The number of fused-ring (bicyclic) bond motifs is 2. The Balaban J connectivity index is 0.000000285. The Morgan fingerprint density at radius 2 is 1.04 bits per heavy atom. The van der Waals surface area contributed by atoms with E-state index in [0.29, 0.717) is 68.4 Å². The van der Waals surface area contributed by atoms with Crippen LogP contribution in [-0.2, 0) is 85.1 Å². The number of benzene rings is 6. The molecule has 0 fully saturated rings. The van der Waals surface area contributed by atoms with Crippen LogP contribution in [0.4, 0.5) is 35.1 Å². The molecule has 0 unspecified atom stereocenters. The molecule has 2 aliphatic rings. The molecule has 10 rings (SSSR count). The van der Waals surface area contributed by atoms with Gasteiger partial charge in [-0.3, -0.25) is 19.2 Å². The van der Waals surface area contributed by atoms with E-state index in [1.165, 1.54) is 53.1 Å². The van der Waals surface area contributed by atoms with E-state index in [1.807, 2.05) is 0 Å². The van der Waals surface area contributed by atoms with Gasteiger partial charge in [0, 0.05) is 92.4 Å². The highest BCUT2D eigenvalue weighted by Crippen LogP contribution is 2.36. The predicted octanol–water partition coefficient (Wildman–Crippen LogP) is 14.7. The van der Waals surface area contributed by atoms with Gasteiger partial charge in [-0.1, -0.05) is 148 Å². The first-order valence-electron chi connectivity index (χ1n) is 43.4. The smallest absolute Gasteiger partial charge is 0.336 e. The summed E-state index contributed by atoms with van der Waals surface area (Å²) in [6.07, 6.45) is -18.9. The average molecular weight is 1380 g/mol. The number of carbonyl (C=O) groups is 2. The van der Waals surface area contributed by atoms with Crippen LogP contribution in [0.3, 0.4) is 0 Å². The van der Waals surface area contributed by atoms with Gasteiger partial charge in [-0.15, -0.1) is 0 Å². The summed E-state index contributed by atoms with van der Waals surface area (Å²) in [5.74, 6) is -4.87. The van der Waals surface area contributed by atoms with Crippen molar-refractivity contribution in [1.29, 1.82) is 0 Å². The van der Waals surface area contributed by atoms with Gasteiger partial charge in [0.05, 0.1) is 31.7 Å². The van der Waals surface area contributed by atoms with Crippen LogP contribution in [0, 0.1) is 18.6 Å². The monoisotopic (exact) mass is 1380 g/mol. The average Bonchev–Trinajstić information content (AvgIpc) is 1.52. The van der Waals surface area contributed by atoms with Crippen molar-refractivity contribution < 1.29 is 84.5 Å². The summed E-state index contributed by atoms with van der Waals surface area (Å²) in [4.78, 5) is 66.4. The van der Waals surface area contributed by atoms with Gasteiger partial charge in [0.25, 0.3) is 11.1 Å². The number of halogens is 8. The molecule has 0 saturated heterocycles.